The maximum absolute atomic E-state index is 12.4. The van der Waals surface area contributed by atoms with Crippen LogP contribution in [0, 0.1) is 0 Å². The molecule has 0 spiro atoms. The summed E-state index contributed by atoms with van der Waals surface area (Å²) in [6, 6.07) is 4.76. The Morgan fingerprint density at radius 3 is 2.27 bits per heavy atom. The van der Waals surface area contributed by atoms with E-state index in [0.29, 0.717) is 23.2 Å². The average molecular weight is 482 g/mol. The Hall–Kier alpha value is -1.54. The molecule has 30 heavy (non-hydrogen) atoms. The van der Waals surface area contributed by atoms with Gasteiger partial charge in [0.15, 0.2) is 0 Å². The van der Waals surface area contributed by atoms with Crippen molar-refractivity contribution in [2.24, 2.45) is 0 Å². The molecule has 1 heterocycles. The second kappa shape index (κ2) is 11.7. The molecule has 1 fully saturated rings. The number of hydrogen-bond acceptors (Lipinski definition) is 5. The molecule has 10 heteroatoms. The lowest BCUT2D eigenvalue weighted by atomic mass is 10.0. The molecule has 7 nitrogen and oxygen atoms in total. The third kappa shape index (κ3) is 9.51. The van der Waals surface area contributed by atoms with Crippen molar-refractivity contribution in [3.8, 4) is 0 Å². The number of ether oxygens (including phenoxy) is 2. The van der Waals surface area contributed by atoms with Crippen LogP contribution in [0.15, 0.2) is 18.2 Å². The van der Waals surface area contributed by atoms with Gasteiger partial charge in [-0.15, -0.1) is 0 Å². The van der Waals surface area contributed by atoms with Crippen molar-refractivity contribution in [1.29, 1.82) is 0 Å². The first-order valence-corrected chi connectivity index (χ1v) is 10.4. The smallest absolute Gasteiger partial charge is 0.410 e. The molecule has 0 aliphatic carbocycles. The molecular weight excluding hydrogens is 455 g/mol. The quantitative estimate of drug-likeness (QED) is 0.625. The monoisotopic (exact) mass is 480 g/mol. The molecule has 1 aromatic rings. The highest BCUT2D eigenvalue weighted by Crippen LogP contribution is 2.30. The highest BCUT2D eigenvalue weighted by Gasteiger charge is 2.33. The van der Waals surface area contributed by atoms with E-state index in [1.807, 2.05) is 20.8 Å². The molecule has 2 amide bonds. The summed E-state index contributed by atoms with van der Waals surface area (Å²) in [6.45, 7) is 9.08. The lowest BCUT2D eigenvalue weighted by Gasteiger charge is -2.30. The van der Waals surface area contributed by atoms with Crippen LogP contribution in [0.25, 0.3) is 0 Å². The summed E-state index contributed by atoms with van der Waals surface area (Å²) in [6.07, 6.45) is -0.896. The van der Waals surface area contributed by atoms with Crippen molar-refractivity contribution in [2.45, 2.75) is 52.4 Å². The summed E-state index contributed by atoms with van der Waals surface area (Å²) in [4.78, 5) is 34.9. The summed E-state index contributed by atoms with van der Waals surface area (Å²) in [5.41, 5.74) is 0.181. The van der Waals surface area contributed by atoms with Crippen LogP contribution in [-0.4, -0.2) is 53.5 Å². The number of hydrogen-bond donors (Lipinski definition) is 1. The summed E-state index contributed by atoms with van der Waals surface area (Å²) in [5.74, 6) is -0.213. The second-order valence-corrected chi connectivity index (χ2v) is 9.02. The standard InChI is InChI=1S/C18H24Cl2N2O4.C2H3ClO/c1-11(23)21-15-10-22(17(24)26-18(2,3)4)7-8-25-16(15)12-5-6-13(19)14(20)9-12;1-2(3)4/h5-6,9,15-16H,7-8,10H2,1-4H3,(H,21,23);1H3/t15-,16-;/m0./s1. The number of nitrogens with zero attached hydrogens (tertiary/aromatic N) is 1. The van der Waals surface area contributed by atoms with E-state index in [4.69, 9.17) is 32.7 Å². The first-order valence-electron chi connectivity index (χ1n) is 9.27. The second-order valence-electron chi connectivity index (χ2n) is 7.67. The minimum atomic E-state index is -0.600. The van der Waals surface area contributed by atoms with Gasteiger partial charge in [0.05, 0.1) is 22.7 Å². The van der Waals surface area contributed by atoms with Gasteiger partial charge in [0.25, 0.3) is 0 Å². The summed E-state index contributed by atoms with van der Waals surface area (Å²) < 4.78 is 11.4. The zero-order chi connectivity index (χ0) is 23.1. The van der Waals surface area contributed by atoms with Crippen LogP contribution in [0.4, 0.5) is 4.79 Å². The highest BCUT2D eigenvalue weighted by atomic mass is 35.5. The molecule has 1 aliphatic heterocycles. The fourth-order valence-electron chi connectivity index (χ4n) is 2.72. The summed E-state index contributed by atoms with van der Waals surface area (Å²) in [5, 5.41) is 3.35. The fraction of sp³-hybridized carbons (Fsp3) is 0.550. The third-order valence-electron chi connectivity index (χ3n) is 3.75. The molecule has 1 aromatic carbocycles. The summed E-state index contributed by atoms with van der Waals surface area (Å²) in [7, 11) is 0. The van der Waals surface area contributed by atoms with Crippen LogP contribution in [0.1, 0.15) is 46.3 Å². The van der Waals surface area contributed by atoms with Gasteiger partial charge in [0, 0.05) is 26.9 Å². The van der Waals surface area contributed by atoms with Crippen molar-refractivity contribution in [3.05, 3.63) is 33.8 Å². The first kappa shape index (κ1) is 26.5. The van der Waals surface area contributed by atoms with Gasteiger partial charge in [-0.05, 0) is 50.1 Å². The normalized spacial score (nSPS) is 19.1. The largest absolute Gasteiger partial charge is 0.444 e. The Balaban J connectivity index is 0.00000103. The molecule has 0 aromatic heterocycles. The van der Waals surface area contributed by atoms with E-state index in [-0.39, 0.29) is 17.7 Å². The molecule has 1 aliphatic rings. The van der Waals surface area contributed by atoms with Crippen LogP contribution in [-0.2, 0) is 19.1 Å². The minimum absolute atomic E-state index is 0.213. The lowest BCUT2D eigenvalue weighted by Crippen LogP contribution is -2.48. The number of amides is 2. The van der Waals surface area contributed by atoms with E-state index in [1.54, 1.807) is 23.1 Å². The Morgan fingerprint density at radius 2 is 1.77 bits per heavy atom. The fourth-order valence-corrected chi connectivity index (χ4v) is 3.03. The number of carbonyl (C=O) groups excluding carboxylic acids is 3. The number of carbonyl (C=O) groups is 3. The van der Waals surface area contributed by atoms with Crippen molar-refractivity contribution in [1.82, 2.24) is 10.2 Å². The van der Waals surface area contributed by atoms with Gasteiger partial charge in [-0.3, -0.25) is 9.59 Å². The van der Waals surface area contributed by atoms with Crippen LogP contribution < -0.4 is 5.32 Å². The Labute approximate surface area is 191 Å². The Bertz CT molecular complexity index is 763. The lowest BCUT2D eigenvalue weighted by molar-refractivity contribution is -0.120. The molecule has 0 unspecified atom stereocenters. The molecule has 1 N–H and O–H groups in total. The van der Waals surface area contributed by atoms with E-state index in [0.717, 1.165) is 5.56 Å². The van der Waals surface area contributed by atoms with Crippen LogP contribution in [0.5, 0.6) is 0 Å². The third-order valence-corrected chi connectivity index (χ3v) is 4.49. The van der Waals surface area contributed by atoms with Gasteiger partial charge < -0.3 is 19.7 Å². The summed E-state index contributed by atoms with van der Waals surface area (Å²) >= 11 is 16.7. The van der Waals surface area contributed by atoms with Crippen molar-refractivity contribution in [2.75, 3.05) is 19.7 Å². The van der Waals surface area contributed by atoms with E-state index in [1.165, 1.54) is 13.8 Å². The van der Waals surface area contributed by atoms with Crippen LogP contribution >= 0.6 is 34.8 Å². The van der Waals surface area contributed by atoms with Crippen molar-refractivity contribution in [3.63, 3.8) is 0 Å². The number of benzene rings is 1. The van der Waals surface area contributed by atoms with Gasteiger partial charge >= 0.3 is 6.09 Å². The number of halogens is 3. The molecule has 168 valence electrons. The molecule has 0 saturated carbocycles. The van der Waals surface area contributed by atoms with Gasteiger partial charge in [0.2, 0.25) is 11.1 Å². The maximum atomic E-state index is 12.4. The van der Waals surface area contributed by atoms with Gasteiger partial charge in [-0.2, -0.15) is 0 Å². The zero-order valence-electron chi connectivity index (χ0n) is 17.6. The van der Waals surface area contributed by atoms with Gasteiger partial charge in [0.1, 0.15) is 11.7 Å². The van der Waals surface area contributed by atoms with Crippen LogP contribution in [0.2, 0.25) is 10.0 Å². The van der Waals surface area contributed by atoms with Crippen molar-refractivity contribution >= 4 is 52.0 Å². The molecule has 0 bridgehead atoms. The van der Waals surface area contributed by atoms with Gasteiger partial charge in [-0.25, -0.2) is 4.79 Å². The Kier molecular flexibility index (Phi) is 10.4. The predicted octanol–water partition coefficient (Wildman–Crippen LogP) is 4.58. The molecule has 1 saturated heterocycles. The average Bonchev–Trinajstić information content (AvgIpc) is 2.77. The van der Waals surface area contributed by atoms with Crippen LogP contribution in [0.3, 0.4) is 0 Å². The first-order chi connectivity index (χ1) is 13.8. The molecule has 2 rings (SSSR count). The molecule has 0 radical (unpaired) electrons. The SMILES string of the molecule is CC(=O)Cl.CC(=O)N[C@H]1CN(C(=O)OC(C)(C)C)CCO[C@H]1c1ccc(Cl)c(Cl)c1. The van der Waals surface area contributed by atoms with E-state index < -0.39 is 23.8 Å². The molecule has 2 atom stereocenters. The topological polar surface area (TPSA) is 84.9 Å². The molecular formula is C20H27Cl3N2O5. The van der Waals surface area contributed by atoms with E-state index in [9.17, 15) is 14.4 Å². The highest BCUT2D eigenvalue weighted by molar-refractivity contribution is 6.62. The van der Waals surface area contributed by atoms with Gasteiger partial charge in [-0.1, -0.05) is 29.3 Å². The zero-order valence-corrected chi connectivity index (χ0v) is 19.9. The number of rotatable bonds is 2. The van der Waals surface area contributed by atoms with E-state index >= 15 is 0 Å². The maximum Gasteiger partial charge on any atom is 0.410 e. The van der Waals surface area contributed by atoms with Crippen molar-refractivity contribution < 1.29 is 23.9 Å². The predicted molar refractivity (Wildman–Crippen MR) is 117 cm³/mol. The Morgan fingerprint density at radius 1 is 1.17 bits per heavy atom. The minimum Gasteiger partial charge on any atom is -0.444 e. The number of nitrogens with one attached hydrogen (secondary N) is 1. The van der Waals surface area contributed by atoms with E-state index in [2.05, 4.69) is 16.9 Å².